The number of anilines is 1. The van der Waals surface area contributed by atoms with Crippen molar-refractivity contribution in [3.05, 3.63) is 54.5 Å². The van der Waals surface area contributed by atoms with Crippen molar-refractivity contribution in [1.82, 2.24) is 30.0 Å². The Morgan fingerprint density at radius 2 is 1.87 bits per heavy atom. The van der Waals surface area contributed by atoms with Gasteiger partial charge in [-0.25, -0.2) is 4.98 Å². The maximum atomic E-state index is 9.15. The van der Waals surface area contributed by atoms with Gasteiger partial charge in [0.05, 0.1) is 40.9 Å². The number of aliphatic hydroxyl groups excluding tert-OH is 1. The van der Waals surface area contributed by atoms with Gasteiger partial charge in [0.1, 0.15) is 5.69 Å². The predicted octanol–water partition coefficient (Wildman–Crippen LogP) is 2.50. The second-order valence-corrected chi connectivity index (χ2v) is 7.79. The van der Waals surface area contributed by atoms with Gasteiger partial charge in [0.15, 0.2) is 0 Å². The van der Waals surface area contributed by atoms with Gasteiger partial charge in [-0.05, 0) is 37.3 Å². The molecule has 1 aliphatic heterocycles. The van der Waals surface area contributed by atoms with Crippen molar-refractivity contribution in [1.29, 1.82) is 0 Å². The van der Waals surface area contributed by atoms with E-state index in [4.69, 9.17) is 10.1 Å². The minimum Gasteiger partial charge on any atom is -0.395 e. The van der Waals surface area contributed by atoms with Crippen molar-refractivity contribution >= 4 is 16.7 Å². The maximum absolute atomic E-state index is 9.15. The van der Waals surface area contributed by atoms with Crippen LogP contribution in [0.25, 0.3) is 33.7 Å². The molecule has 0 radical (unpaired) electrons. The number of H-pyrrole nitrogens is 1. The Labute approximate surface area is 180 Å². The molecule has 0 atom stereocenters. The topological polar surface area (TPSA) is 94.1 Å². The molecule has 5 rings (SSSR count). The van der Waals surface area contributed by atoms with Crippen LogP contribution < -0.4 is 4.90 Å². The average molecular weight is 416 g/mol. The zero-order valence-electron chi connectivity index (χ0n) is 17.5. The van der Waals surface area contributed by atoms with Gasteiger partial charge in [-0.2, -0.15) is 5.10 Å². The van der Waals surface area contributed by atoms with Crippen LogP contribution in [0.3, 0.4) is 0 Å². The maximum Gasteiger partial charge on any atom is 0.120 e. The predicted molar refractivity (Wildman–Crippen MR) is 121 cm³/mol. The number of pyridine rings is 3. The third kappa shape index (κ3) is 3.99. The number of aromatic amines is 1. The molecular weight excluding hydrogens is 390 g/mol. The lowest BCUT2D eigenvalue weighted by Gasteiger charge is -2.35. The van der Waals surface area contributed by atoms with Crippen molar-refractivity contribution in [2.45, 2.75) is 6.92 Å². The van der Waals surface area contributed by atoms with E-state index in [0.29, 0.717) is 0 Å². The smallest absolute Gasteiger partial charge is 0.120 e. The standard InChI is InChI=1S/C23H25N7O/c1-16-3-2-4-21(26-16)23-18(15-25-28-23)19-5-6-20-22(27-19)13-17(14-24-20)30-9-7-29(8-10-30)11-12-31/h2-6,13-15,31H,7-12H2,1H3,(H,25,28). The fourth-order valence-corrected chi connectivity index (χ4v) is 4.05. The van der Waals surface area contributed by atoms with Gasteiger partial charge < -0.3 is 10.0 Å². The van der Waals surface area contributed by atoms with E-state index in [1.54, 1.807) is 0 Å². The highest BCUT2D eigenvalue weighted by Gasteiger charge is 2.18. The third-order valence-electron chi connectivity index (χ3n) is 5.72. The molecule has 0 spiro atoms. The number of nitrogens with zero attached hydrogens (tertiary/aromatic N) is 6. The van der Waals surface area contributed by atoms with Crippen LogP contribution in [0, 0.1) is 6.92 Å². The summed E-state index contributed by atoms with van der Waals surface area (Å²) in [5, 5.41) is 16.5. The van der Waals surface area contributed by atoms with E-state index in [1.807, 2.05) is 49.6 Å². The first-order chi connectivity index (χ1) is 15.2. The number of aliphatic hydroxyl groups is 1. The molecule has 0 amide bonds. The van der Waals surface area contributed by atoms with E-state index in [0.717, 1.165) is 77.8 Å². The molecule has 1 saturated heterocycles. The van der Waals surface area contributed by atoms with E-state index in [-0.39, 0.29) is 6.61 Å². The summed E-state index contributed by atoms with van der Waals surface area (Å²) in [4.78, 5) is 18.8. The van der Waals surface area contributed by atoms with E-state index in [2.05, 4.69) is 36.0 Å². The SMILES string of the molecule is Cc1cccc(-c2n[nH]cc2-c2ccc3ncc(N4CCN(CCO)CC4)cc3n2)n1. The quantitative estimate of drug-likeness (QED) is 0.517. The highest BCUT2D eigenvalue weighted by atomic mass is 16.3. The fourth-order valence-electron chi connectivity index (χ4n) is 4.05. The van der Waals surface area contributed by atoms with Crippen LogP contribution in [0.2, 0.25) is 0 Å². The monoisotopic (exact) mass is 415 g/mol. The first kappa shape index (κ1) is 19.6. The summed E-state index contributed by atoms with van der Waals surface area (Å²) >= 11 is 0. The number of hydrogen-bond acceptors (Lipinski definition) is 7. The second kappa shape index (κ2) is 8.41. The number of aryl methyl sites for hydroxylation is 1. The minimum absolute atomic E-state index is 0.207. The molecule has 0 aromatic carbocycles. The second-order valence-electron chi connectivity index (χ2n) is 7.79. The number of piperazine rings is 1. The average Bonchev–Trinajstić information content (AvgIpc) is 3.29. The van der Waals surface area contributed by atoms with Gasteiger partial charge in [-0.3, -0.25) is 20.0 Å². The molecule has 31 heavy (non-hydrogen) atoms. The lowest BCUT2D eigenvalue weighted by molar-refractivity contribution is 0.189. The van der Waals surface area contributed by atoms with Crippen LogP contribution in [0.15, 0.2) is 48.8 Å². The summed E-state index contributed by atoms with van der Waals surface area (Å²) in [6.07, 6.45) is 3.79. The molecule has 0 bridgehead atoms. The third-order valence-corrected chi connectivity index (χ3v) is 5.72. The van der Waals surface area contributed by atoms with E-state index < -0.39 is 0 Å². The largest absolute Gasteiger partial charge is 0.395 e. The molecule has 0 aliphatic carbocycles. The Morgan fingerprint density at radius 3 is 2.68 bits per heavy atom. The molecule has 5 heterocycles. The van der Waals surface area contributed by atoms with Gasteiger partial charge in [0.2, 0.25) is 0 Å². The van der Waals surface area contributed by atoms with Crippen molar-refractivity contribution in [2.24, 2.45) is 0 Å². The summed E-state index contributed by atoms with van der Waals surface area (Å²) < 4.78 is 0. The molecule has 2 N–H and O–H groups in total. The minimum atomic E-state index is 0.207. The van der Waals surface area contributed by atoms with Crippen molar-refractivity contribution in [2.75, 3.05) is 44.2 Å². The number of hydrogen-bond donors (Lipinski definition) is 2. The number of aromatic nitrogens is 5. The molecule has 4 aromatic heterocycles. The van der Waals surface area contributed by atoms with Crippen LogP contribution in [-0.4, -0.2) is 74.5 Å². The zero-order valence-corrected chi connectivity index (χ0v) is 17.5. The normalized spacial score (nSPS) is 15.0. The number of β-amino-alcohol motifs (C(OH)–C–C–N with tert-alkyl or cyclic N) is 1. The van der Waals surface area contributed by atoms with Crippen LogP contribution >= 0.6 is 0 Å². The molecular formula is C23H25N7O. The Bertz CT molecular complexity index is 1200. The van der Waals surface area contributed by atoms with Gasteiger partial charge in [-0.15, -0.1) is 0 Å². The van der Waals surface area contributed by atoms with Crippen molar-refractivity contribution < 1.29 is 5.11 Å². The Morgan fingerprint density at radius 1 is 1.00 bits per heavy atom. The fraction of sp³-hybridized carbons (Fsp3) is 0.304. The summed E-state index contributed by atoms with van der Waals surface area (Å²) in [5.74, 6) is 0. The lowest BCUT2D eigenvalue weighted by Crippen LogP contribution is -2.47. The molecule has 8 heteroatoms. The highest BCUT2D eigenvalue weighted by molar-refractivity contribution is 5.84. The first-order valence-electron chi connectivity index (χ1n) is 10.5. The summed E-state index contributed by atoms with van der Waals surface area (Å²) in [6, 6.07) is 12.0. The Balaban J connectivity index is 1.45. The molecule has 0 saturated carbocycles. The van der Waals surface area contributed by atoms with Gasteiger partial charge in [-0.1, -0.05) is 6.07 Å². The molecule has 0 unspecified atom stereocenters. The van der Waals surface area contributed by atoms with Gasteiger partial charge in [0, 0.05) is 50.2 Å². The summed E-state index contributed by atoms with van der Waals surface area (Å²) in [5.41, 5.74) is 7.13. The molecule has 8 nitrogen and oxygen atoms in total. The molecule has 4 aromatic rings. The highest BCUT2D eigenvalue weighted by Crippen LogP contribution is 2.29. The number of rotatable bonds is 5. The van der Waals surface area contributed by atoms with Crippen LogP contribution in [-0.2, 0) is 0 Å². The van der Waals surface area contributed by atoms with E-state index in [1.165, 1.54) is 0 Å². The van der Waals surface area contributed by atoms with Crippen molar-refractivity contribution in [3.63, 3.8) is 0 Å². The summed E-state index contributed by atoms with van der Waals surface area (Å²) in [7, 11) is 0. The van der Waals surface area contributed by atoms with E-state index in [9.17, 15) is 0 Å². The lowest BCUT2D eigenvalue weighted by atomic mass is 10.1. The van der Waals surface area contributed by atoms with Crippen LogP contribution in [0.4, 0.5) is 5.69 Å². The molecule has 158 valence electrons. The number of nitrogens with one attached hydrogen (secondary N) is 1. The Kier molecular flexibility index (Phi) is 5.31. The first-order valence-corrected chi connectivity index (χ1v) is 10.5. The number of fused-ring (bicyclic) bond motifs is 1. The van der Waals surface area contributed by atoms with Crippen LogP contribution in [0.1, 0.15) is 5.69 Å². The van der Waals surface area contributed by atoms with Gasteiger partial charge >= 0.3 is 0 Å². The zero-order chi connectivity index (χ0) is 21.2. The molecule has 1 fully saturated rings. The Hall–Kier alpha value is -3.36. The summed E-state index contributed by atoms with van der Waals surface area (Å²) in [6.45, 7) is 6.62. The van der Waals surface area contributed by atoms with Crippen LogP contribution in [0.5, 0.6) is 0 Å². The van der Waals surface area contributed by atoms with Gasteiger partial charge in [0.25, 0.3) is 0 Å². The molecule has 1 aliphatic rings. The van der Waals surface area contributed by atoms with E-state index >= 15 is 0 Å². The van der Waals surface area contributed by atoms with Crippen molar-refractivity contribution in [3.8, 4) is 22.6 Å².